The molecule has 0 saturated carbocycles. The number of likely N-dealkylation sites (N-methyl/N-ethyl adjacent to an activating group) is 1. The lowest BCUT2D eigenvalue weighted by Crippen LogP contribution is -2.37. The Labute approximate surface area is 206 Å². The first-order valence-electron chi connectivity index (χ1n) is 12.7. The Morgan fingerprint density at radius 2 is 1.38 bits per heavy atom. The van der Waals surface area contributed by atoms with E-state index in [1.54, 1.807) is 0 Å². The van der Waals surface area contributed by atoms with Crippen molar-refractivity contribution in [2.75, 3.05) is 47.5 Å². The summed E-state index contributed by atoms with van der Waals surface area (Å²) in [7, 11) is 1.16. The lowest BCUT2D eigenvalue weighted by Gasteiger charge is -2.28. The van der Waals surface area contributed by atoms with Gasteiger partial charge in [-0.15, -0.1) is 0 Å². The summed E-state index contributed by atoms with van der Waals surface area (Å²) >= 11 is 0. The van der Waals surface area contributed by atoms with Gasteiger partial charge < -0.3 is 27.9 Å². The first kappa shape index (κ1) is 33.0. The van der Waals surface area contributed by atoms with E-state index in [1.807, 2.05) is 21.1 Å². The molecule has 2 atom stereocenters. The summed E-state index contributed by atoms with van der Waals surface area (Å²) < 4.78 is 32.4. The molecule has 0 rings (SSSR count). The van der Waals surface area contributed by atoms with Gasteiger partial charge >= 0.3 is 11.9 Å². The van der Waals surface area contributed by atoms with E-state index in [2.05, 4.69) is 6.92 Å². The molecule has 0 bridgehead atoms. The molecular weight excluding hydrogens is 461 g/mol. The van der Waals surface area contributed by atoms with Crippen molar-refractivity contribution in [2.24, 2.45) is 0 Å². The molecule has 0 saturated heterocycles. The number of nitrogens with zero attached hydrogens (tertiary/aromatic N) is 1. The average molecular weight is 510 g/mol. The van der Waals surface area contributed by atoms with Gasteiger partial charge in [0, 0.05) is 13.3 Å². The second kappa shape index (κ2) is 19.2. The molecule has 0 aliphatic carbocycles. The summed E-state index contributed by atoms with van der Waals surface area (Å²) in [4.78, 5) is 35.2. The summed E-state index contributed by atoms with van der Waals surface area (Å²) in [5.41, 5.74) is 0. The first-order valence-corrected chi connectivity index (χ1v) is 14.1. The Bertz CT molecular complexity index is 594. The van der Waals surface area contributed by atoms with E-state index >= 15 is 0 Å². The van der Waals surface area contributed by atoms with Crippen LogP contribution in [-0.4, -0.2) is 70.0 Å². The molecule has 0 amide bonds. The van der Waals surface area contributed by atoms with Crippen LogP contribution in [0.2, 0.25) is 0 Å². The molecule has 0 radical (unpaired) electrons. The number of phosphoric ester groups is 1. The fourth-order valence-electron chi connectivity index (χ4n) is 3.14. The van der Waals surface area contributed by atoms with Crippen LogP contribution in [0.5, 0.6) is 0 Å². The van der Waals surface area contributed by atoms with Crippen LogP contribution in [0.1, 0.15) is 90.9 Å². The van der Waals surface area contributed by atoms with Crippen LogP contribution in [0.4, 0.5) is 0 Å². The number of rotatable bonds is 22. The van der Waals surface area contributed by atoms with Crippen LogP contribution in [0.3, 0.4) is 0 Å². The Morgan fingerprint density at radius 1 is 0.853 bits per heavy atom. The van der Waals surface area contributed by atoms with Crippen molar-refractivity contribution in [2.45, 2.75) is 97.0 Å². The number of phosphoric acid groups is 1. The van der Waals surface area contributed by atoms with Crippen molar-refractivity contribution in [1.29, 1.82) is 0 Å². The van der Waals surface area contributed by atoms with E-state index in [-0.39, 0.29) is 19.6 Å². The van der Waals surface area contributed by atoms with Crippen LogP contribution in [0.25, 0.3) is 0 Å². The van der Waals surface area contributed by atoms with Gasteiger partial charge in [0.1, 0.15) is 19.8 Å². The molecule has 34 heavy (non-hydrogen) atoms. The second-order valence-corrected chi connectivity index (χ2v) is 11.2. The van der Waals surface area contributed by atoms with E-state index in [0.29, 0.717) is 17.4 Å². The standard InChI is InChI=1S/C24H48NO8P/c1-6-7-8-9-10-11-12-13-14-15-16-17-24(27)33-23(20-30-22(2)26)21-32-34(28,29)31-19-18-25(3,4)5/h23H,6-21H2,1-5H3. The summed E-state index contributed by atoms with van der Waals surface area (Å²) in [5, 5.41) is 0. The molecule has 0 aromatic rings. The molecule has 0 aliphatic heterocycles. The summed E-state index contributed by atoms with van der Waals surface area (Å²) in [6.07, 6.45) is 12.1. The van der Waals surface area contributed by atoms with Gasteiger partial charge in [-0.3, -0.25) is 14.2 Å². The largest absolute Gasteiger partial charge is 0.756 e. The number of quaternary nitrogens is 1. The highest BCUT2D eigenvalue weighted by Gasteiger charge is 2.21. The van der Waals surface area contributed by atoms with E-state index in [1.165, 1.54) is 58.3 Å². The minimum absolute atomic E-state index is 0.0302. The van der Waals surface area contributed by atoms with Gasteiger partial charge in [0.05, 0.1) is 27.7 Å². The van der Waals surface area contributed by atoms with Crippen molar-refractivity contribution in [1.82, 2.24) is 0 Å². The minimum atomic E-state index is -4.56. The smallest absolute Gasteiger partial charge is 0.306 e. The number of hydrogen-bond acceptors (Lipinski definition) is 8. The summed E-state index contributed by atoms with van der Waals surface area (Å²) in [6.45, 7) is 3.13. The highest BCUT2D eigenvalue weighted by molar-refractivity contribution is 7.45. The van der Waals surface area contributed by atoms with E-state index in [9.17, 15) is 19.0 Å². The number of carbonyl (C=O) groups excluding carboxylic acids is 2. The zero-order valence-corrected chi connectivity index (χ0v) is 22.9. The quantitative estimate of drug-likeness (QED) is 0.0915. The molecule has 0 fully saturated rings. The number of carbonyl (C=O) groups is 2. The highest BCUT2D eigenvalue weighted by atomic mass is 31.2. The maximum absolute atomic E-state index is 12.2. The van der Waals surface area contributed by atoms with Crippen LogP contribution in [0, 0.1) is 0 Å². The zero-order chi connectivity index (χ0) is 25.9. The predicted molar refractivity (Wildman–Crippen MR) is 130 cm³/mol. The van der Waals surface area contributed by atoms with Gasteiger partial charge in [-0.1, -0.05) is 71.1 Å². The topological polar surface area (TPSA) is 111 Å². The van der Waals surface area contributed by atoms with Crippen molar-refractivity contribution in [3.8, 4) is 0 Å². The molecule has 0 heterocycles. The second-order valence-electron chi connectivity index (χ2n) is 9.79. The van der Waals surface area contributed by atoms with Gasteiger partial charge in [0.15, 0.2) is 6.10 Å². The van der Waals surface area contributed by atoms with Crippen molar-refractivity contribution in [3.63, 3.8) is 0 Å². The number of unbranched alkanes of at least 4 members (excludes halogenated alkanes) is 10. The van der Waals surface area contributed by atoms with Crippen molar-refractivity contribution in [3.05, 3.63) is 0 Å². The third-order valence-electron chi connectivity index (χ3n) is 5.19. The molecular formula is C24H48NO8P. The Kier molecular flexibility index (Phi) is 18.7. The average Bonchev–Trinajstić information content (AvgIpc) is 2.72. The molecule has 0 aliphatic rings. The third-order valence-corrected chi connectivity index (χ3v) is 6.15. The number of ether oxygens (including phenoxy) is 2. The van der Waals surface area contributed by atoms with Crippen molar-refractivity contribution >= 4 is 19.8 Å². The summed E-state index contributed by atoms with van der Waals surface area (Å²) in [6, 6.07) is 0. The zero-order valence-electron chi connectivity index (χ0n) is 22.1. The van der Waals surface area contributed by atoms with Crippen LogP contribution in [-0.2, 0) is 32.7 Å². The molecule has 0 N–H and O–H groups in total. The Morgan fingerprint density at radius 3 is 1.88 bits per heavy atom. The molecule has 0 aromatic carbocycles. The maximum Gasteiger partial charge on any atom is 0.306 e. The van der Waals surface area contributed by atoms with E-state index < -0.39 is 32.5 Å². The van der Waals surface area contributed by atoms with Gasteiger partial charge in [-0.2, -0.15) is 0 Å². The van der Waals surface area contributed by atoms with Gasteiger partial charge in [-0.05, 0) is 6.42 Å². The fraction of sp³-hybridized carbons (Fsp3) is 0.917. The molecule has 10 heteroatoms. The van der Waals surface area contributed by atoms with E-state index in [4.69, 9.17) is 18.5 Å². The first-order chi connectivity index (χ1) is 15.9. The van der Waals surface area contributed by atoms with Gasteiger partial charge in [0.25, 0.3) is 7.82 Å². The molecule has 0 aromatic heterocycles. The van der Waals surface area contributed by atoms with Crippen LogP contribution in [0.15, 0.2) is 0 Å². The summed E-state index contributed by atoms with van der Waals surface area (Å²) in [5.74, 6) is -1.03. The lowest BCUT2D eigenvalue weighted by atomic mass is 10.1. The van der Waals surface area contributed by atoms with Crippen LogP contribution >= 0.6 is 7.82 Å². The number of esters is 2. The highest BCUT2D eigenvalue weighted by Crippen LogP contribution is 2.38. The number of hydrogen-bond donors (Lipinski definition) is 0. The van der Waals surface area contributed by atoms with E-state index in [0.717, 1.165) is 12.8 Å². The SMILES string of the molecule is CCCCCCCCCCCCCC(=O)OC(COC(C)=O)COP(=O)([O-])OCC[N+](C)(C)C. The molecule has 202 valence electrons. The monoisotopic (exact) mass is 509 g/mol. The molecule has 9 nitrogen and oxygen atoms in total. The Balaban J connectivity index is 4.17. The van der Waals surface area contributed by atoms with Crippen LogP contribution < -0.4 is 4.89 Å². The third kappa shape index (κ3) is 22.8. The maximum atomic E-state index is 12.2. The molecule has 2 unspecified atom stereocenters. The Hall–Kier alpha value is -0.990. The minimum Gasteiger partial charge on any atom is -0.756 e. The normalized spacial score (nSPS) is 14.4. The predicted octanol–water partition coefficient (Wildman–Crippen LogP) is 4.37. The lowest BCUT2D eigenvalue weighted by molar-refractivity contribution is -0.870. The molecule has 0 spiro atoms. The van der Waals surface area contributed by atoms with Gasteiger partial charge in [0.2, 0.25) is 0 Å². The fourth-order valence-corrected chi connectivity index (χ4v) is 3.87. The van der Waals surface area contributed by atoms with Gasteiger partial charge in [-0.25, -0.2) is 0 Å². The van der Waals surface area contributed by atoms with Crippen molar-refractivity contribution < 1.29 is 42.1 Å².